The second-order valence-corrected chi connectivity index (χ2v) is 1.55. The van der Waals surface area contributed by atoms with Crippen LogP contribution in [0.25, 0.3) is 0 Å². The molecule has 0 fully saturated rings. The average molecular weight is 132 g/mol. The van der Waals surface area contributed by atoms with E-state index < -0.39 is 11.9 Å². The molecule has 0 rings (SSSR count). The van der Waals surface area contributed by atoms with Crippen LogP contribution in [0.1, 0.15) is 26.7 Å². The van der Waals surface area contributed by atoms with Gasteiger partial charge in [0.2, 0.25) is 0 Å². The van der Waals surface area contributed by atoms with Gasteiger partial charge in [-0.05, 0) is 0 Å². The van der Waals surface area contributed by atoms with Gasteiger partial charge in [-0.1, -0.05) is 13.8 Å². The molecule has 0 unspecified atom stereocenters. The fourth-order valence-corrected chi connectivity index (χ4v) is 0.271. The minimum absolute atomic E-state index is 0.256. The molecule has 0 N–H and O–H groups in total. The van der Waals surface area contributed by atoms with Crippen LogP contribution in [-0.2, 0) is 14.3 Å². The maximum atomic E-state index is 10.3. The van der Waals surface area contributed by atoms with Crippen LogP contribution in [0.15, 0.2) is 0 Å². The number of carbonyl (C=O) groups excluding carboxylic acids is 2. The Balaban J connectivity index is 3.47. The van der Waals surface area contributed by atoms with Crippen molar-refractivity contribution in [3.63, 3.8) is 0 Å². The highest BCUT2D eigenvalue weighted by molar-refractivity contribution is 5.84. The smallest absolute Gasteiger partial charge is 0.313 e. The van der Waals surface area contributed by atoms with Gasteiger partial charge in [0.25, 0.3) is 0 Å². The lowest BCUT2D eigenvalue weighted by Gasteiger charge is -1.95. The van der Waals surface area contributed by atoms with Crippen molar-refractivity contribution in [1.82, 2.24) is 0 Å². The third-order valence-corrected chi connectivity index (χ3v) is 0.805. The van der Waals surface area contributed by atoms with Crippen LogP contribution < -0.4 is 0 Å². The van der Waals surface area contributed by atoms with E-state index >= 15 is 0 Å². The van der Waals surface area contributed by atoms with Crippen molar-refractivity contribution in [2.45, 2.75) is 26.7 Å². The fourth-order valence-electron chi connectivity index (χ4n) is 0.271. The normalized spacial score (nSPS) is 8.67. The van der Waals surface area contributed by atoms with Gasteiger partial charge in [0.05, 0.1) is 0 Å². The molecular weight excluding hydrogens is 122 g/mol. The van der Waals surface area contributed by atoms with Gasteiger partial charge in [0, 0.05) is 12.8 Å². The van der Waals surface area contributed by atoms with Crippen LogP contribution in [0.5, 0.6) is 0 Å². The summed E-state index contributed by atoms with van der Waals surface area (Å²) in [6.45, 7) is 3.29. The van der Waals surface area contributed by atoms with E-state index in [-0.39, 0.29) is 12.8 Å². The van der Waals surface area contributed by atoms with E-state index in [1.54, 1.807) is 13.8 Å². The van der Waals surface area contributed by atoms with E-state index in [1.165, 1.54) is 0 Å². The molecule has 0 atom stereocenters. The molecule has 0 saturated heterocycles. The first-order valence-electron chi connectivity index (χ1n) is 2.94. The first-order chi connectivity index (χ1) is 4.20. The number of esters is 2. The molecule has 9 heavy (non-hydrogen) atoms. The Morgan fingerprint density at radius 2 is 1.44 bits per heavy atom. The minimum Gasteiger partial charge on any atom is -0.393 e. The van der Waals surface area contributed by atoms with Gasteiger partial charge in [-0.3, -0.25) is 9.59 Å². The molecule has 0 aromatic rings. The van der Waals surface area contributed by atoms with E-state index in [2.05, 4.69) is 4.74 Å². The molecule has 0 aromatic heterocycles. The average Bonchev–Trinajstić information content (AvgIpc) is 1.87. The summed E-state index contributed by atoms with van der Waals surface area (Å²) in [5, 5.41) is 0. The summed E-state index contributed by atoms with van der Waals surface area (Å²) in [5.74, 6) is -0.913. The quantitative estimate of drug-likeness (QED) is 0.318. The van der Waals surface area contributed by atoms with Gasteiger partial charge in [0.1, 0.15) is 0 Å². The Morgan fingerprint density at radius 3 is 1.67 bits per heavy atom. The molecule has 0 amide bonds. The highest BCUT2D eigenvalue weighted by atomic mass is 16.7. The van der Waals surface area contributed by atoms with Crippen molar-refractivity contribution in [3.8, 4) is 0 Å². The summed E-state index contributed by atoms with van der Waals surface area (Å²) in [4.78, 5) is 20.7. The van der Waals surface area contributed by atoms with E-state index in [9.17, 15) is 9.59 Å². The lowest BCUT2D eigenvalue weighted by Crippen LogP contribution is -2.09. The predicted octanol–water partition coefficient (Wildman–Crippen LogP) is 0.876. The first kappa shape index (κ1) is 8.14. The van der Waals surface area contributed by atoms with Crippen LogP contribution in [-0.4, -0.2) is 11.9 Å². The Bertz CT molecular complexity index is 103. The van der Waals surface area contributed by atoms with Crippen molar-refractivity contribution >= 4 is 11.9 Å². The van der Waals surface area contributed by atoms with Crippen molar-refractivity contribution in [3.05, 3.63) is 0 Å². The van der Waals surface area contributed by atoms with Crippen molar-refractivity contribution < 1.29 is 14.3 Å². The maximum absolute atomic E-state index is 10.3. The third kappa shape index (κ3) is 3.70. The second-order valence-electron chi connectivity index (χ2n) is 1.55. The molecule has 0 aliphatic rings. The van der Waals surface area contributed by atoms with Gasteiger partial charge in [-0.15, -0.1) is 0 Å². The fraction of sp³-hybridized carbons (Fsp3) is 0.667. The topological polar surface area (TPSA) is 43.4 Å². The largest absolute Gasteiger partial charge is 0.393 e. The molecule has 0 bridgehead atoms. The van der Waals surface area contributed by atoms with Crippen molar-refractivity contribution in [2.75, 3.05) is 0 Å². The summed E-state index contributed by atoms with van der Waals surface area (Å²) < 4.78 is 4.27. The van der Waals surface area contributed by atoms with Crippen molar-refractivity contribution in [2.24, 2.45) is 0 Å². The molecule has 0 heterocycles. The summed E-state index contributed by atoms with van der Waals surface area (Å²) in [6.07, 6.45) is 0.511. The van der Waals surface area contributed by atoms with Crippen molar-refractivity contribution in [1.29, 1.82) is 0 Å². The molecule has 0 spiro atoms. The number of hydrogen-bond acceptors (Lipinski definition) is 3. The molecule has 0 aliphatic heterocycles. The molecule has 3 heteroatoms. The molecular formula is C6H10O3. The zero-order chi connectivity index (χ0) is 7.28. The molecule has 0 radical (unpaired) electrons. The highest BCUT2D eigenvalue weighted by Gasteiger charge is 2.03. The number of ether oxygens (including phenoxy) is 1. The third-order valence-electron chi connectivity index (χ3n) is 0.805. The lowest BCUT2D eigenvalue weighted by atomic mass is 10.7. The van der Waals surface area contributed by atoms with Crippen LogP contribution in [0.2, 0.25) is 0 Å². The van der Waals surface area contributed by atoms with Gasteiger partial charge >= 0.3 is 11.9 Å². The summed E-state index contributed by atoms with van der Waals surface area (Å²) >= 11 is 0. The zero-order valence-electron chi connectivity index (χ0n) is 5.64. The summed E-state index contributed by atoms with van der Waals surface area (Å²) in [6, 6.07) is 0. The maximum Gasteiger partial charge on any atom is 0.313 e. The van der Waals surface area contributed by atoms with Crippen LogP contribution in [0.4, 0.5) is 0 Å². The summed E-state index contributed by atoms with van der Waals surface area (Å²) in [7, 11) is 0. The van der Waals surface area contributed by atoms with Gasteiger partial charge in [-0.25, -0.2) is 0 Å². The van der Waals surface area contributed by atoms with E-state index in [4.69, 9.17) is 0 Å². The Labute approximate surface area is 54.0 Å². The predicted molar refractivity (Wildman–Crippen MR) is 31.7 cm³/mol. The highest BCUT2D eigenvalue weighted by Crippen LogP contribution is 1.88. The molecule has 3 nitrogen and oxygen atoms in total. The van der Waals surface area contributed by atoms with Crippen LogP contribution in [0, 0.1) is 0 Å². The number of carbonyl (C=O) groups is 2. The van der Waals surface area contributed by atoms with Gasteiger partial charge in [0.15, 0.2) is 0 Å². The Morgan fingerprint density at radius 1 is 1.11 bits per heavy atom. The second kappa shape index (κ2) is 4.06. The SMILES string of the molecule is CC[13C](=O)O[13C](=O)CC. The van der Waals surface area contributed by atoms with Gasteiger partial charge < -0.3 is 4.74 Å². The van der Waals surface area contributed by atoms with Crippen LogP contribution >= 0.6 is 0 Å². The lowest BCUT2D eigenvalue weighted by molar-refractivity contribution is -0.159. The van der Waals surface area contributed by atoms with E-state index in [0.717, 1.165) is 0 Å². The molecule has 0 saturated carbocycles. The Kier molecular flexibility index (Phi) is 3.67. The van der Waals surface area contributed by atoms with Crippen LogP contribution in [0.3, 0.4) is 0 Å². The monoisotopic (exact) mass is 132 g/mol. The van der Waals surface area contributed by atoms with E-state index in [1.807, 2.05) is 0 Å². The summed E-state index contributed by atoms with van der Waals surface area (Å²) in [5.41, 5.74) is 0. The number of hydrogen-bond donors (Lipinski definition) is 0. The van der Waals surface area contributed by atoms with E-state index in [0.29, 0.717) is 0 Å². The van der Waals surface area contributed by atoms with Gasteiger partial charge in [-0.2, -0.15) is 0 Å². The minimum atomic E-state index is -0.457. The molecule has 0 aliphatic carbocycles. The molecule has 0 aromatic carbocycles. The standard InChI is InChI=1S/C6H10O3/c1-3-5(7)9-6(8)4-2/h3-4H2,1-2H3/i5+1,6+1. The molecule has 52 valence electrons. The Hall–Kier alpha value is -0.860. The first-order valence-corrected chi connectivity index (χ1v) is 2.94. The number of rotatable bonds is 2. The zero-order valence-corrected chi connectivity index (χ0v) is 5.64.